The third kappa shape index (κ3) is 5.16. The first-order valence-corrected chi connectivity index (χ1v) is 7.54. The predicted molar refractivity (Wildman–Crippen MR) is 83.7 cm³/mol. The van der Waals surface area contributed by atoms with Gasteiger partial charge in [-0.1, -0.05) is 13.8 Å². The number of nitrogens with two attached hydrogens (primary N) is 1. The van der Waals surface area contributed by atoms with Gasteiger partial charge in [-0.05, 0) is 18.1 Å². The fraction of sp³-hybridized carbons (Fsp3) is 0.438. The van der Waals surface area contributed by atoms with Gasteiger partial charge in [-0.15, -0.1) is 13.2 Å². The number of hydrogen-bond acceptors (Lipinski definition) is 4. The molecule has 0 unspecified atom stereocenters. The Balaban J connectivity index is 2.33. The van der Waals surface area contributed by atoms with Gasteiger partial charge >= 0.3 is 6.36 Å². The molecule has 5 nitrogen and oxygen atoms in total. The van der Waals surface area contributed by atoms with E-state index in [2.05, 4.69) is 9.84 Å². The van der Waals surface area contributed by atoms with E-state index >= 15 is 0 Å². The van der Waals surface area contributed by atoms with Crippen LogP contribution < -0.4 is 15.2 Å². The molecular weight excluding hydrogens is 323 g/mol. The summed E-state index contributed by atoms with van der Waals surface area (Å²) < 4.78 is 48.5. The van der Waals surface area contributed by atoms with Crippen LogP contribution in [-0.4, -0.2) is 29.3 Å². The Kier molecular flexibility index (Phi) is 5.71. The average Bonchev–Trinajstić information content (AvgIpc) is 2.92. The molecule has 1 aromatic heterocycles. The second-order valence-corrected chi connectivity index (χ2v) is 5.69. The lowest BCUT2D eigenvalue weighted by Gasteiger charge is -2.15. The fourth-order valence-corrected chi connectivity index (χ4v) is 2.07. The Bertz CT molecular complexity index is 669. The minimum Gasteiger partial charge on any atom is -0.493 e. The first kappa shape index (κ1) is 18.1. The van der Waals surface area contributed by atoms with Crippen LogP contribution in [0.5, 0.6) is 11.5 Å². The summed E-state index contributed by atoms with van der Waals surface area (Å²) in [7, 11) is 0. The summed E-state index contributed by atoms with van der Waals surface area (Å²) in [6, 6.07) is 4.03. The Morgan fingerprint density at radius 3 is 2.67 bits per heavy atom. The normalized spacial score (nSPS) is 11.8. The lowest BCUT2D eigenvalue weighted by Crippen LogP contribution is -2.17. The van der Waals surface area contributed by atoms with Crippen molar-refractivity contribution in [2.24, 2.45) is 11.7 Å². The van der Waals surface area contributed by atoms with E-state index in [1.165, 1.54) is 18.2 Å². The third-order valence-corrected chi connectivity index (χ3v) is 3.06. The van der Waals surface area contributed by atoms with Crippen LogP contribution in [0.15, 0.2) is 30.6 Å². The zero-order valence-electron chi connectivity index (χ0n) is 13.5. The summed E-state index contributed by atoms with van der Waals surface area (Å²) >= 11 is 0. The summed E-state index contributed by atoms with van der Waals surface area (Å²) in [6.07, 6.45) is -1.35. The van der Waals surface area contributed by atoms with Crippen LogP contribution in [0.1, 0.15) is 13.8 Å². The molecule has 8 heteroatoms. The molecule has 1 aromatic carbocycles. The molecule has 1 heterocycles. The van der Waals surface area contributed by atoms with Crippen LogP contribution in [0.4, 0.5) is 13.2 Å². The van der Waals surface area contributed by atoms with Gasteiger partial charge in [-0.2, -0.15) is 5.10 Å². The third-order valence-electron chi connectivity index (χ3n) is 3.06. The Morgan fingerprint density at radius 2 is 2.04 bits per heavy atom. The maximum atomic E-state index is 12.4. The largest absolute Gasteiger partial charge is 0.573 e. The zero-order valence-corrected chi connectivity index (χ0v) is 13.5. The second-order valence-electron chi connectivity index (χ2n) is 5.69. The number of halogens is 3. The van der Waals surface area contributed by atoms with Crippen molar-refractivity contribution in [2.75, 3.05) is 13.2 Å². The van der Waals surface area contributed by atoms with E-state index in [0.29, 0.717) is 31.0 Å². The van der Waals surface area contributed by atoms with Gasteiger partial charge in [-0.25, -0.2) is 0 Å². The molecule has 2 rings (SSSR count). The van der Waals surface area contributed by atoms with E-state index in [9.17, 15) is 13.2 Å². The van der Waals surface area contributed by atoms with E-state index in [-0.39, 0.29) is 11.7 Å². The number of benzene rings is 1. The van der Waals surface area contributed by atoms with Gasteiger partial charge in [0, 0.05) is 29.9 Å². The molecule has 2 N–H and O–H groups in total. The quantitative estimate of drug-likeness (QED) is 0.836. The number of alkyl halides is 3. The molecular formula is C16H20F3N3O2. The van der Waals surface area contributed by atoms with Crippen LogP contribution in [0.25, 0.3) is 11.1 Å². The molecule has 24 heavy (non-hydrogen) atoms. The van der Waals surface area contributed by atoms with Gasteiger partial charge in [-0.3, -0.25) is 4.68 Å². The smallest absolute Gasteiger partial charge is 0.493 e. The predicted octanol–water partition coefficient (Wildman–Crippen LogP) is 3.44. The summed E-state index contributed by atoms with van der Waals surface area (Å²) in [5, 5.41) is 4.17. The van der Waals surface area contributed by atoms with Crippen LogP contribution in [0, 0.1) is 5.92 Å². The number of ether oxygens (including phenoxy) is 2. The molecule has 2 aromatic rings. The van der Waals surface area contributed by atoms with Crippen molar-refractivity contribution in [1.29, 1.82) is 0 Å². The molecule has 0 amide bonds. The summed E-state index contributed by atoms with van der Waals surface area (Å²) in [5.41, 5.74) is 6.87. The minimum absolute atomic E-state index is 0.227. The van der Waals surface area contributed by atoms with Gasteiger partial charge in [0.25, 0.3) is 0 Å². The standard InChI is InChI=1S/C16H20F3N3O2/c1-11(2)10-23-15-7-13(24-16(17,18)19)3-4-14(15)12-8-21-22(9-12)6-5-20/h3-4,7-9,11H,5-6,10,20H2,1-2H3. The Morgan fingerprint density at radius 1 is 1.29 bits per heavy atom. The zero-order chi connectivity index (χ0) is 17.7. The molecule has 132 valence electrons. The van der Waals surface area contributed by atoms with Crippen LogP contribution in [0.2, 0.25) is 0 Å². The Labute approximate surface area is 138 Å². The van der Waals surface area contributed by atoms with E-state index in [0.717, 1.165) is 5.56 Å². The average molecular weight is 343 g/mol. The van der Waals surface area contributed by atoms with Crippen molar-refractivity contribution in [3.05, 3.63) is 30.6 Å². The molecule has 0 bridgehead atoms. The van der Waals surface area contributed by atoms with Crippen molar-refractivity contribution in [2.45, 2.75) is 26.8 Å². The molecule has 0 aliphatic carbocycles. The van der Waals surface area contributed by atoms with Crippen molar-refractivity contribution in [3.63, 3.8) is 0 Å². The van der Waals surface area contributed by atoms with E-state index in [4.69, 9.17) is 10.5 Å². The van der Waals surface area contributed by atoms with E-state index in [1.54, 1.807) is 17.1 Å². The van der Waals surface area contributed by atoms with Gasteiger partial charge in [0.05, 0.1) is 19.3 Å². The van der Waals surface area contributed by atoms with Gasteiger partial charge in [0.1, 0.15) is 11.5 Å². The monoisotopic (exact) mass is 343 g/mol. The topological polar surface area (TPSA) is 62.3 Å². The molecule has 0 radical (unpaired) electrons. The SMILES string of the molecule is CC(C)COc1cc(OC(F)(F)F)ccc1-c1cnn(CCN)c1. The number of rotatable bonds is 7. The molecule has 0 saturated heterocycles. The minimum atomic E-state index is -4.75. The highest BCUT2D eigenvalue weighted by atomic mass is 19.4. The van der Waals surface area contributed by atoms with Crippen LogP contribution >= 0.6 is 0 Å². The van der Waals surface area contributed by atoms with E-state index in [1.807, 2.05) is 13.8 Å². The summed E-state index contributed by atoms with van der Waals surface area (Å²) in [4.78, 5) is 0. The van der Waals surface area contributed by atoms with Gasteiger partial charge in [0.2, 0.25) is 0 Å². The lowest BCUT2D eigenvalue weighted by molar-refractivity contribution is -0.274. The van der Waals surface area contributed by atoms with Crippen molar-refractivity contribution < 1.29 is 22.6 Å². The number of hydrogen-bond donors (Lipinski definition) is 1. The first-order valence-electron chi connectivity index (χ1n) is 7.54. The molecule has 0 spiro atoms. The van der Waals surface area contributed by atoms with Gasteiger partial charge < -0.3 is 15.2 Å². The highest BCUT2D eigenvalue weighted by Gasteiger charge is 2.31. The molecule has 0 aliphatic heterocycles. The highest BCUT2D eigenvalue weighted by Crippen LogP contribution is 2.35. The van der Waals surface area contributed by atoms with Crippen LogP contribution in [-0.2, 0) is 6.54 Å². The van der Waals surface area contributed by atoms with Crippen molar-refractivity contribution in [3.8, 4) is 22.6 Å². The Hall–Kier alpha value is -2.22. The lowest BCUT2D eigenvalue weighted by atomic mass is 10.1. The van der Waals surface area contributed by atoms with E-state index < -0.39 is 6.36 Å². The summed E-state index contributed by atoms with van der Waals surface area (Å²) in [6.45, 7) is 5.27. The van der Waals surface area contributed by atoms with Crippen LogP contribution in [0.3, 0.4) is 0 Å². The molecule has 0 aliphatic rings. The second kappa shape index (κ2) is 7.57. The first-order chi connectivity index (χ1) is 11.3. The fourth-order valence-electron chi connectivity index (χ4n) is 2.07. The molecule has 0 atom stereocenters. The molecule has 0 fully saturated rings. The molecule has 0 saturated carbocycles. The maximum absolute atomic E-state index is 12.4. The van der Waals surface area contributed by atoms with Crippen molar-refractivity contribution in [1.82, 2.24) is 9.78 Å². The van der Waals surface area contributed by atoms with Crippen molar-refractivity contribution >= 4 is 0 Å². The number of aromatic nitrogens is 2. The number of nitrogens with zero attached hydrogens (tertiary/aromatic N) is 2. The summed E-state index contributed by atoms with van der Waals surface area (Å²) in [5.74, 6) is 0.224. The maximum Gasteiger partial charge on any atom is 0.573 e. The highest BCUT2D eigenvalue weighted by molar-refractivity contribution is 5.70. The van der Waals surface area contributed by atoms with Gasteiger partial charge in [0.15, 0.2) is 0 Å².